The van der Waals surface area contributed by atoms with Gasteiger partial charge in [0.05, 0.1) is 6.10 Å². The van der Waals surface area contributed by atoms with E-state index in [-0.39, 0.29) is 18.6 Å². The lowest BCUT2D eigenvalue weighted by atomic mass is 9.73. The lowest BCUT2D eigenvalue weighted by Gasteiger charge is -2.38. The highest BCUT2D eigenvalue weighted by Gasteiger charge is 2.35. The molecule has 0 heterocycles. The average Bonchev–Trinajstić information content (AvgIpc) is 1.67. The van der Waals surface area contributed by atoms with Crippen molar-refractivity contribution in [3.8, 4) is 0 Å². The summed E-state index contributed by atoms with van der Waals surface area (Å²) in [5.74, 6) is 0.685. The molecule has 2 heteroatoms. The van der Waals surface area contributed by atoms with Gasteiger partial charge in [-0.05, 0) is 12.3 Å². The van der Waals surface area contributed by atoms with Crippen LogP contribution in [0.25, 0.3) is 0 Å². The van der Waals surface area contributed by atoms with Gasteiger partial charge in [0.25, 0.3) is 0 Å². The van der Waals surface area contributed by atoms with Gasteiger partial charge in [-0.25, -0.2) is 0 Å². The SMILES string of the molecule is CC1CC(O)C1CO. The minimum absolute atomic E-state index is 0.141. The van der Waals surface area contributed by atoms with Crippen molar-refractivity contribution in [1.29, 1.82) is 0 Å². The van der Waals surface area contributed by atoms with Crippen molar-refractivity contribution >= 4 is 0 Å². The van der Waals surface area contributed by atoms with Gasteiger partial charge in [-0.3, -0.25) is 0 Å². The first-order valence-electron chi connectivity index (χ1n) is 3.04. The Kier molecular flexibility index (Phi) is 1.54. The second-order valence-electron chi connectivity index (χ2n) is 2.63. The Labute approximate surface area is 49.1 Å². The van der Waals surface area contributed by atoms with Crippen molar-refractivity contribution in [2.75, 3.05) is 6.61 Å². The van der Waals surface area contributed by atoms with Gasteiger partial charge in [-0.2, -0.15) is 0 Å². The number of aliphatic hydroxyl groups is 2. The molecule has 0 aromatic heterocycles. The summed E-state index contributed by atoms with van der Waals surface area (Å²) in [5.41, 5.74) is 0. The Balaban J connectivity index is 2.29. The molecule has 2 nitrogen and oxygen atoms in total. The fourth-order valence-corrected chi connectivity index (χ4v) is 1.22. The predicted octanol–water partition coefficient (Wildman–Crippen LogP) is -0.00440. The van der Waals surface area contributed by atoms with E-state index < -0.39 is 0 Å². The molecule has 0 aliphatic heterocycles. The fraction of sp³-hybridized carbons (Fsp3) is 1.00. The molecule has 0 spiro atoms. The van der Waals surface area contributed by atoms with Gasteiger partial charge in [0, 0.05) is 12.5 Å². The fourth-order valence-electron chi connectivity index (χ4n) is 1.22. The largest absolute Gasteiger partial charge is 0.396 e. The predicted molar refractivity (Wildman–Crippen MR) is 30.4 cm³/mol. The van der Waals surface area contributed by atoms with E-state index in [0.717, 1.165) is 6.42 Å². The Morgan fingerprint density at radius 1 is 1.62 bits per heavy atom. The van der Waals surface area contributed by atoms with Gasteiger partial charge >= 0.3 is 0 Å². The Morgan fingerprint density at radius 2 is 2.25 bits per heavy atom. The van der Waals surface area contributed by atoms with Gasteiger partial charge in [0.15, 0.2) is 0 Å². The standard InChI is InChI=1S/C6H12O2/c1-4-2-6(8)5(4)3-7/h4-8H,2-3H2,1H3. The van der Waals surface area contributed by atoms with Crippen LogP contribution in [-0.2, 0) is 0 Å². The minimum atomic E-state index is -0.227. The maximum Gasteiger partial charge on any atom is 0.0595 e. The molecular formula is C6H12O2. The first-order chi connectivity index (χ1) is 3.75. The smallest absolute Gasteiger partial charge is 0.0595 e. The summed E-state index contributed by atoms with van der Waals surface area (Å²) in [6, 6.07) is 0. The molecule has 1 aliphatic rings. The third-order valence-corrected chi connectivity index (χ3v) is 2.05. The van der Waals surface area contributed by atoms with Crippen molar-refractivity contribution < 1.29 is 10.2 Å². The van der Waals surface area contributed by atoms with Gasteiger partial charge in [0.1, 0.15) is 0 Å². The molecule has 0 bridgehead atoms. The van der Waals surface area contributed by atoms with Crippen LogP contribution in [0.5, 0.6) is 0 Å². The van der Waals surface area contributed by atoms with Crippen molar-refractivity contribution in [3.05, 3.63) is 0 Å². The molecule has 3 unspecified atom stereocenters. The molecule has 48 valence electrons. The summed E-state index contributed by atoms with van der Waals surface area (Å²) in [6.45, 7) is 2.19. The van der Waals surface area contributed by atoms with Gasteiger partial charge < -0.3 is 10.2 Å². The molecule has 1 rings (SSSR count). The van der Waals surface area contributed by atoms with Crippen LogP contribution in [0.15, 0.2) is 0 Å². The minimum Gasteiger partial charge on any atom is -0.396 e. The molecule has 8 heavy (non-hydrogen) atoms. The van der Waals surface area contributed by atoms with E-state index in [4.69, 9.17) is 10.2 Å². The lowest BCUT2D eigenvalue weighted by Crippen LogP contribution is -2.41. The summed E-state index contributed by atoms with van der Waals surface area (Å²) in [6.07, 6.45) is 0.639. The second-order valence-corrected chi connectivity index (χ2v) is 2.63. The van der Waals surface area contributed by atoms with E-state index in [9.17, 15) is 0 Å². The Hall–Kier alpha value is -0.0800. The van der Waals surface area contributed by atoms with E-state index in [1.165, 1.54) is 0 Å². The zero-order chi connectivity index (χ0) is 6.15. The van der Waals surface area contributed by atoms with Gasteiger partial charge in [-0.15, -0.1) is 0 Å². The van der Waals surface area contributed by atoms with E-state index in [1.54, 1.807) is 0 Å². The lowest BCUT2D eigenvalue weighted by molar-refractivity contribution is -0.0520. The van der Waals surface area contributed by atoms with Crippen LogP contribution in [-0.4, -0.2) is 22.9 Å². The molecule has 0 aromatic carbocycles. The van der Waals surface area contributed by atoms with E-state index in [2.05, 4.69) is 0 Å². The van der Waals surface area contributed by atoms with Crippen LogP contribution in [0.2, 0.25) is 0 Å². The molecule has 2 N–H and O–H groups in total. The molecule has 0 amide bonds. The zero-order valence-electron chi connectivity index (χ0n) is 5.04. The monoisotopic (exact) mass is 116 g/mol. The third kappa shape index (κ3) is 0.740. The summed E-state index contributed by atoms with van der Waals surface area (Å²) in [5, 5.41) is 17.5. The van der Waals surface area contributed by atoms with Crippen LogP contribution in [0.1, 0.15) is 13.3 Å². The Bertz CT molecular complexity index is 74.6. The second kappa shape index (κ2) is 2.03. The van der Waals surface area contributed by atoms with Crippen molar-refractivity contribution in [1.82, 2.24) is 0 Å². The third-order valence-electron chi connectivity index (χ3n) is 2.05. The van der Waals surface area contributed by atoms with Crippen LogP contribution in [0.3, 0.4) is 0 Å². The normalized spacial score (nSPS) is 46.1. The molecule has 0 saturated heterocycles. The van der Waals surface area contributed by atoms with Crippen LogP contribution in [0.4, 0.5) is 0 Å². The molecule has 3 atom stereocenters. The zero-order valence-corrected chi connectivity index (χ0v) is 5.04. The molecule has 1 aliphatic carbocycles. The van der Waals surface area contributed by atoms with Crippen LogP contribution in [0, 0.1) is 11.8 Å². The summed E-state index contributed by atoms with van der Waals surface area (Å²) in [4.78, 5) is 0. The highest BCUT2D eigenvalue weighted by Crippen LogP contribution is 2.33. The number of hydrogen-bond donors (Lipinski definition) is 2. The van der Waals surface area contributed by atoms with Gasteiger partial charge in [-0.1, -0.05) is 6.92 Å². The molecule has 0 aromatic rings. The molecular weight excluding hydrogens is 104 g/mol. The number of aliphatic hydroxyl groups excluding tert-OH is 2. The summed E-state index contributed by atoms with van der Waals surface area (Å²) >= 11 is 0. The molecule has 1 saturated carbocycles. The first kappa shape index (κ1) is 6.05. The number of hydrogen-bond acceptors (Lipinski definition) is 2. The maximum absolute atomic E-state index is 8.92. The van der Waals surface area contributed by atoms with E-state index in [1.807, 2.05) is 6.92 Å². The van der Waals surface area contributed by atoms with E-state index in [0.29, 0.717) is 5.92 Å². The van der Waals surface area contributed by atoms with Crippen molar-refractivity contribution in [2.45, 2.75) is 19.4 Å². The number of rotatable bonds is 1. The highest BCUT2D eigenvalue weighted by atomic mass is 16.3. The van der Waals surface area contributed by atoms with Crippen molar-refractivity contribution in [3.63, 3.8) is 0 Å². The summed E-state index contributed by atoms with van der Waals surface area (Å²) < 4.78 is 0. The first-order valence-corrected chi connectivity index (χ1v) is 3.04. The van der Waals surface area contributed by atoms with E-state index >= 15 is 0 Å². The molecule has 1 fully saturated rings. The highest BCUT2D eigenvalue weighted by molar-refractivity contribution is 4.85. The summed E-state index contributed by atoms with van der Waals surface area (Å²) in [7, 11) is 0. The topological polar surface area (TPSA) is 40.5 Å². The van der Waals surface area contributed by atoms with Crippen LogP contribution < -0.4 is 0 Å². The average molecular weight is 116 g/mol. The van der Waals surface area contributed by atoms with Crippen molar-refractivity contribution in [2.24, 2.45) is 11.8 Å². The molecule has 0 radical (unpaired) electrons. The quantitative estimate of drug-likeness (QED) is 0.506. The Morgan fingerprint density at radius 3 is 2.38 bits per heavy atom. The van der Waals surface area contributed by atoms with Gasteiger partial charge in [0.2, 0.25) is 0 Å². The maximum atomic E-state index is 8.92. The van der Waals surface area contributed by atoms with Crippen LogP contribution >= 0.6 is 0 Å².